The lowest BCUT2D eigenvalue weighted by atomic mass is 10.1. The topological polar surface area (TPSA) is 32.7 Å². The molecule has 1 unspecified atom stereocenters. The highest BCUT2D eigenvalue weighted by atomic mass is 16.5. The van der Waals surface area contributed by atoms with Crippen molar-refractivity contribution in [2.45, 2.75) is 31.7 Å². The molecule has 0 aliphatic heterocycles. The SMILES string of the molecule is COCCCCN(CCO)C1CCc2ccccc21. The number of aliphatic hydroxyl groups excluding tert-OH is 1. The van der Waals surface area contributed by atoms with Crippen molar-refractivity contribution in [3.63, 3.8) is 0 Å². The number of nitrogens with zero attached hydrogens (tertiary/aromatic N) is 1. The third-order valence-electron chi connectivity index (χ3n) is 3.97. The number of unbranched alkanes of at least 4 members (excludes halogenated alkanes) is 1. The van der Waals surface area contributed by atoms with Crippen LogP contribution in [0.1, 0.15) is 36.4 Å². The first-order valence-corrected chi connectivity index (χ1v) is 7.28. The van der Waals surface area contributed by atoms with Crippen LogP contribution in [0, 0.1) is 0 Å². The summed E-state index contributed by atoms with van der Waals surface area (Å²) in [5.41, 5.74) is 2.94. The Balaban J connectivity index is 1.96. The van der Waals surface area contributed by atoms with E-state index in [1.54, 1.807) is 7.11 Å². The van der Waals surface area contributed by atoms with E-state index in [2.05, 4.69) is 29.2 Å². The highest BCUT2D eigenvalue weighted by Gasteiger charge is 2.26. The van der Waals surface area contributed by atoms with Crippen molar-refractivity contribution in [1.82, 2.24) is 4.90 Å². The number of hydrogen-bond donors (Lipinski definition) is 1. The predicted molar refractivity (Wildman–Crippen MR) is 77.3 cm³/mol. The second-order valence-electron chi connectivity index (χ2n) is 5.21. The van der Waals surface area contributed by atoms with Crippen molar-refractivity contribution in [2.24, 2.45) is 0 Å². The Labute approximate surface area is 116 Å². The van der Waals surface area contributed by atoms with Crippen molar-refractivity contribution >= 4 is 0 Å². The summed E-state index contributed by atoms with van der Waals surface area (Å²) < 4.78 is 5.10. The monoisotopic (exact) mass is 263 g/mol. The van der Waals surface area contributed by atoms with E-state index >= 15 is 0 Å². The maximum absolute atomic E-state index is 9.28. The van der Waals surface area contributed by atoms with Gasteiger partial charge in [-0.25, -0.2) is 0 Å². The van der Waals surface area contributed by atoms with Gasteiger partial charge in [-0.2, -0.15) is 0 Å². The molecule has 0 saturated carbocycles. The van der Waals surface area contributed by atoms with Gasteiger partial charge in [-0.05, 0) is 43.4 Å². The van der Waals surface area contributed by atoms with Crippen LogP contribution in [0.4, 0.5) is 0 Å². The number of aryl methyl sites for hydroxylation is 1. The molecule has 1 atom stereocenters. The van der Waals surface area contributed by atoms with Crippen molar-refractivity contribution in [3.05, 3.63) is 35.4 Å². The lowest BCUT2D eigenvalue weighted by Gasteiger charge is -2.29. The minimum atomic E-state index is 0.239. The van der Waals surface area contributed by atoms with Crippen LogP contribution in [0.5, 0.6) is 0 Å². The van der Waals surface area contributed by atoms with Gasteiger partial charge in [0.15, 0.2) is 0 Å². The van der Waals surface area contributed by atoms with Gasteiger partial charge in [0.1, 0.15) is 0 Å². The van der Waals surface area contributed by atoms with Crippen LogP contribution in [-0.2, 0) is 11.2 Å². The molecule has 0 heterocycles. The lowest BCUT2D eigenvalue weighted by Crippen LogP contribution is -2.31. The van der Waals surface area contributed by atoms with Crippen LogP contribution in [0.25, 0.3) is 0 Å². The zero-order chi connectivity index (χ0) is 13.5. The van der Waals surface area contributed by atoms with Crippen LogP contribution in [0.2, 0.25) is 0 Å². The second-order valence-corrected chi connectivity index (χ2v) is 5.21. The van der Waals surface area contributed by atoms with Crippen molar-refractivity contribution in [3.8, 4) is 0 Å². The summed E-state index contributed by atoms with van der Waals surface area (Å²) in [7, 11) is 1.75. The van der Waals surface area contributed by atoms with E-state index in [-0.39, 0.29) is 6.61 Å². The largest absolute Gasteiger partial charge is 0.395 e. The highest BCUT2D eigenvalue weighted by molar-refractivity contribution is 5.34. The van der Waals surface area contributed by atoms with E-state index in [0.717, 1.165) is 32.5 Å². The zero-order valence-electron chi connectivity index (χ0n) is 11.8. The molecule has 0 saturated heterocycles. The molecule has 19 heavy (non-hydrogen) atoms. The molecular weight excluding hydrogens is 238 g/mol. The molecule has 3 heteroatoms. The number of methoxy groups -OCH3 is 1. The summed E-state index contributed by atoms with van der Waals surface area (Å²) in [4.78, 5) is 2.43. The van der Waals surface area contributed by atoms with Gasteiger partial charge in [-0.3, -0.25) is 4.90 Å². The van der Waals surface area contributed by atoms with E-state index in [0.29, 0.717) is 6.04 Å². The molecule has 1 aromatic rings. The fraction of sp³-hybridized carbons (Fsp3) is 0.625. The maximum atomic E-state index is 9.28. The molecule has 106 valence electrons. The Hall–Kier alpha value is -0.900. The molecule has 1 N–H and O–H groups in total. The highest BCUT2D eigenvalue weighted by Crippen LogP contribution is 2.35. The number of fused-ring (bicyclic) bond motifs is 1. The Morgan fingerprint density at radius 1 is 1.26 bits per heavy atom. The molecule has 0 fully saturated rings. The van der Waals surface area contributed by atoms with E-state index < -0.39 is 0 Å². The molecule has 1 aromatic carbocycles. The van der Waals surface area contributed by atoms with Gasteiger partial charge in [0.2, 0.25) is 0 Å². The molecule has 0 radical (unpaired) electrons. The second kappa shape index (κ2) is 7.63. The van der Waals surface area contributed by atoms with Crippen LogP contribution in [0.3, 0.4) is 0 Å². The first-order chi connectivity index (χ1) is 9.36. The van der Waals surface area contributed by atoms with Gasteiger partial charge < -0.3 is 9.84 Å². The number of ether oxygens (including phenoxy) is 1. The molecule has 0 spiro atoms. The summed E-state index contributed by atoms with van der Waals surface area (Å²) in [6.45, 7) is 2.88. The number of hydrogen-bond acceptors (Lipinski definition) is 3. The predicted octanol–water partition coefficient (Wildman–Crippen LogP) is 2.39. The average molecular weight is 263 g/mol. The Morgan fingerprint density at radius 3 is 2.89 bits per heavy atom. The summed E-state index contributed by atoms with van der Waals surface area (Å²) in [5.74, 6) is 0. The fourth-order valence-electron chi connectivity index (χ4n) is 3.03. The molecule has 1 aliphatic carbocycles. The van der Waals surface area contributed by atoms with E-state index in [9.17, 15) is 5.11 Å². The van der Waals surface area contributed by atoms with Gasteiger partial charge in [-0.1, -0.05) is 24.3 Å². The van der Waals surface area contributed by atoms with Gasteiger partial charge >= 0.3 is 0 Å². The van der Waals surface area contributed by atoms with Gasteiger partial charge in [0.05, 0.1) is 6.61 Å². The van der Waals surface area contributed by atoms with Gasteiger partial charge in [-0.15, -0.1) is 0 Å². The molecule has 1 aliphatic rings. The van der Waals surface area contributed by atoms with Crippen molar-refractivity contribution in [1.29, 1.82) is 0 Å². The van der Waals surface area contributed by atoms with E-state index in [4.69, 9.17) is 4.74 Å². The van der Waals surface area contributed by atoms with Gasteiger partial charge in [0, 0.05) is 26.3 Å². The Bertz CT molecular complexity index is 381. The molecular formula is C16H25NO2. The molecule has 0 bridgehead atoms. The first-order valence-electron chi connectivity index (χ1n) is 7.28. The van der Waals surface area contributed by atoms with E-state index in [1.165, 1.54) is 24.0 Å². The van der Waals surface area contributed by atoms with Crippen LogP contribution >= 0.6 is 0 Å². The fourth-order valence-corrected chi connectivity index (χ4v) is 3.03. The maximum Gasteiger partial charge on any atom is 0.0558 e. The quantitative estimate of drug-likeness (QED) is 0.731. The summed E-state index contributed by atoms with van der Waals surface area (Å²) in [6, 6.07) is 9.21. The summed E-state index contributed by atoms with van der Waals surface area (Å²) in [5, 5.41) is 9.28. The number of rotatable bonds is 8. The zero-order valence-corrected chi connectivity index (χ0v) is 11.8. The molecule has 0 aromatic heterocycles. The van der Waals surface area contributed by atoms with E-state index in [1.807, 2.05) is 0 Å². The minimum Gasteiger partial charge on any atom is -0.395 e. The molecule has 2 rings (SSSR count). The molecule has 0 amide bonds. The minimum absolute atomic E-state index is 0.239. The standard InChI is InChI=1S/C16H25NO2/c1-19-13-5-4-10-17(11-12-18)16-9-8-14-6-2-3-7-15(14)16/h2-3,6-7,16,18H,4-5,8-13H2,1H3. The smallest absolute Gasteiger partial charge is 0.0558 e. The summed E-state index contributed by atoms with van der Waals surface area (Å²) in [6.07, 6.45) is 4.57. The average Bonchev–Trinajstić information content (AvgIpc) is 2.86. The van der Waals surface area contributed by atoms with Gasteiger partial charge in [0.25, 0.3) is 0 Å². The normalized spacial score (nSPS) is 17.9. The Kier molecular flexibility index (Phi) is 5.83. The van der Waals surface area contributed by atoms with Crippen LogP contribution in [-0.4, -0.2) is 43.4 Å². The third kappa shape index (κ3) is 3.78. The van der Waals surface area contributed by atoms with Crippen LogP contribution in [0.15, 0.2) is 24.3 Å². The van der Waals surface area contributed by atoms with Crippen LogP contribution < -0.4 is 0 Å². The van der Waals surface area contributed by atoms with Crippen molar-refractivity contribution < 1.29 is 9.84 Å². The Morgan fingerprint density at radius 2 is 2.11 bits per heavy atom. The summed E-state index contributed by atoms with van der Waals surface area (Å²) >= 11 is 0. The van der Waals surface area contributed by atoms with Crippen molar-refractivity contribution in [2.75, 3.05) is 33.4 Å². The first kappa shape index (κ1) is 14.5. The molecule has 3 nitrogen and oxygen atoms in total. The lowest BCUT2D eigenvalue weighted by molar-refractivity contribution is 0.138. The number of aliphatic hydroxyl groups is 1. The number of benzene rings is 1. The third-order valence-corrected chi connectivity index (χ3v) is 3.97.